The van der Waals surface area contributed by atoms with Crippen LogP contribution < -0.4 is 14.8 Å². The van der Waals surface area contributed by atoms with E-state index in [0.717, 1.165) is 0 Å². The standard InChI is InChI=1S/C24H33N3O7S2/c1-17(2)34-19-7-9-20(10-8-19)36(31,32)27-13-11-24(12-14-27)15-18(16-33-24)26-21-5-4-6-22(23(21)28)35(29,30)25-3/h4-10,17-18,25-26,28H,11-16H2,1-3H3. The molecule has 0 radical (unpaired) electrons. The molecule has 2 aromatic carbocycles. The monoisotopic (exact) mass is 539 g/mol. The predicted octanol–water partition coefficient (Wildman–Crippen LogP) is 2.51. The van der Waals surface area contributed by atoms with Crippen LogP contribution in [0, 0.1) is 0 Å². The molecule has 2 saturated heterocycles. The number of anilines is 1. The van der Waals surface area contributed by atoms with Crippen LogP contribution in [-0.4, -0.2) is 70.7 Å². The van der Waals surface area contributed by atoms with E-state index in [4.69, 9.17) is 9.47 Å². The van der Waals surface area contributed by atoms with Crippen molar-refractivity contribution in [3.63, 3.8) is 0 Å². The number of benzene rings is 2. The van der Waals surface area contributed by atoms with E-state index >= 15 is 0 Å². The lowest BCUT2D eigenvalue weighted by Gasteiger charge is -2.38. The van der Waals surface area contributed by atoms with Crippen molar-refractivity contribution in [2.75, 3.05) is 32.1 Å². The van der Waals surface area contributed by atoms with Crippen molar-refractivity contribution in [1.29, 1.82) is 0 Å². The summed E-state index contributed by atoms with van der Waals surface area (Å²) in [6.07, 6.45) is 1.70. The number of aromatic hydroxyl groups is 1. The van der Waals surface area contributed by atoms with Gasteiger partial charge >= 0.3 is 0 Å². The summed E-state index contributed by atoms with van der Waals surface area (Å²) in [5.41, 5.74) is -0.162. The highest BCUT2D eigenvalue weighted by atomic mass is 32.2. The zero-order valence-electron chi connectivity index (χ0n) is 20.6. The number of para-hydroxylation sites is 1. The van der Waals surface area contributed by atoms with E-state index in [9.17, 15) is 21.9 Å². The van der Waals surface area contributed by atoms with Crippen molar-refractivity contribution < 1.29 is 31.4 Å². The molecule has 0 aromatic heterocycles. The van der Waals surface area contributed by atoms with Gasteiger partial charge < -0.3 is 19.9 Å². The molecule has 10 nitrogen and oxygen atoms in total. The lowest BCUT2D eigenvalue weighted by molar-refractivity contribution is -0.0310. The SMILES string of the molecule is CNS(=O)(=O)c1cccc(NC2COC3(CCN(S(=O)(=O)c4ccc(OC(C)C)cc4)CC3)C2)c1O. The molecule has 2 heterocycles. The second-order valence-electron chi connectivity index (χ2n) is 9.44. The van der Waals surface area contributed by atoms with Crippen molar-refractivity contribution in [3.8, 4) is 11.5 Å². The first-order chi connectivity index (χ1) is 17.0. The van der Waals surface area contributed by atoms with Crippen LogP contribution in [0.25, 0.3) is 0 Å². The third-order valence-electron chi connectivity index (χ3n) is 6.59. The highest BCUT2D eigenvalue weighted by Gasteiger charge is 2.45. The maximum atomic E-state index is 13.2. The minimum Gasteiger partial charge on any atom is -0.504 e. The van der Waals surface area contributed by atoms with Crippen LogP contribution in [0.4, 0.5) is 5.69 Å². The molecule has 1 unspecified atom stereocenters. The topological polar surface area (TPSA) is 134 Å². The summed E-state index contributed by atoms with van der Waals surface area (Å²) in [4.78, 5) is 0.0271. The van der Waals surface area contributed by atoms with Crippen LogP contribution in [-0.2, 0) is 24.8 Å². The molecule has 0 saturated carbocycles. The average Bonchev–Trinajstić information content (AvgIpc) is 3.22. The quantitative estimate of drug-likeness (QED) is 0.436. The van der Waals surface area contributed by atoms with E-state index in [0.29, 0.717) is 50.4 Å². The zero-order valence-corrected chi connectivity index (χ0v) is 22.2. The third-order valence-corrected chi connectivity index (χ3v) is 9.95. The Labute approximate surface area is 212 Å². The third kappa shape index (κ3) is 5.47. The molecule has 4 rings (SSSR count). The highest BCUT2D eigenvalue weighted by molar-refractivity contribution is 7.89. The number of hydrogen-bond donors (Lipinski definition) is 3. The maximum absolute atomic E-state index is 13.2. The summed E-state index contributed by atoms with van der Waals surface area (Å²) in [5.74, 6) is 0.276. The molecular formula is C24H33N3O7S2. The van der Waals surface area contributed by atoms with Crippen molar-refractivity contribution in [3.05, 3.63) is 42.5 Å². The first-order valence-corrected chi connectivity index (χ1v) is 14.8. The predicted molar refractivity (Wildman–Crippen MR) is 135 cm³/mol. The number of ether oxygens (including phenoxy) is 2. The number of hydrogen-bond acceptors (Lipinski definition) is 8. The van der Waals surface area contributed by atoms with Crippen molar-refractivity contribution in [2.24, 2.45) is 0 Å². The molecule has 2 aliphatic rings. The van der Waals surface area contributed by atoms with Crippen LogP contribution in [0.15, 0.2) is 52.3 Å². The first-order valence-electron chi connectivity index (χ1n) is 11.9. The average molecular weight is 540 g/mol. The van der Waals surface area contributed by atoms with Crippen LogP contribution in [0.3, 0.4) is 0 Å². The van der Waals surface area contributed by atoms with E-state index in [1.807, 2.05) is 13.8 Å². The zero-order chi connectivity index (χ0) is 26.1. The summed E-state index contributed by atoms with van der Waals surface area (Å²) in [6.45, 7) is 4.86. The number of nitrogens with one attached hydrogen (secondary N) is 2. The summed E-state index contributed by atoms with van der Waals surface area (Å²) in [7, 11) is -6.15. The molecule has 0 bridgehead atoms. The van der Waals surface area contributed by atoms with E-state index in [1.54, 1.807) is 36.4 Å². The van der Waals surface area contributed by atoms with Crippen LogP contribution in [0.1, 0.15) is 33.1 Å². The normalized spacial score (nSPS) is 20.6. The summed E-state index contributed by atoms with van der Waals surface area (Å²) in [5, 5.41) is 13.7. The van der Waals surface area contributed by atoms with E-state index < -0.39 is 25.6 Å². The fraction of sp³-hybridized carbons (Fsp3) is 0.500. The van der Waals surface area contributed by atoms with Crippen LogP contribution >= 0.6 is 0 Å². The van der Waals surface area contributed by atoms with Crippen LogP contribution in [0.2, 0.25) is 0 Å². The van der Waals surface area contributed by atoms with E-state index in [2.05, 4.69) is 10.0 Å². The summed E-state index contributed by atoms with van der Waals surface area (Å²) in [6, 6.07) is 10.8. The van der Waals surface area contributed by atoms with Gasteiger partial charge in [0, 0.05) is 13.1 Å². The summed E-state index contributed by atoms with van der Waals surface area (Å²) >= 11 is 0. The van der Waals surface area contributed by atoms with Gasteiger partial charge in [0.2, 0.25) is 20.0 Å². The molecule has 2 fully saturated rings. The minimum absolute atomic E-state index is 0.00441. The second-order valence-corrected chi connectivity index (χ2v) is 13.2. The van der Waals surface area contributed by atoms with Crippen molar-refractivity contribution >= 4 is 25.7 Å². The smallest absolute Gasteiger partial charge is 0.244 e. The molecule has 12 heteroatoms. The molecule has 2 aliphatic heterocycles. The molecule has 2 aromatic rings. The molecule has 3 N–H and O–H groups in total. The Morgan fingerprint density at radius 2 is 1.75 bits per heavy atom. The molecule has 1 atom stereocenters. The number of phenolic OH excluding ortho intramolecular Hbond substituents is 1. The lowest BCUT2D eigenvalue weighted by atomic mass is 9.88. The summed E-state index contributed by atoms with van der Waals surface area (Å²) < 4.78 is 66.0. The van der Waals surface area contributed by atoms with Crippen molar-refractivity contribution in [2.45, 2.75) is 60.6 Å². The van der Waals surface area contributed by atoms with E-state index in [-0.39, 0.29) is 27.7 Å². The highest BCUT2D eigenvalue weighted by Crippen LogP contribution is 2.40. The van der Waals surface area contributed by atoms with Gasteiger partial charge in [-0.1, -0.05) is 6.07 Å². The molecule has 36 heavy (non-hydrogen) atoms. The Balaban J connectivity index is 1.38. The van der Waals surface area contributed by atoms with Gasteiger partial charge in [-0.2, -0.15) is 4.31 Å². The van der Waals surface area contributed by atoms with Gasteiger partial charge in [0.1, 0.15) is 10.6 Å². The van der Waals surface area contributed by atoms with Crippen molar-refractivity contribution in [1.82, 2.24) is 9.03 Å². The fourth-order valence-corrected chi connectivity index (χ4v) is 7.00. The second kappa shape index (κ2) is 10.2. The molecule has 0 aliphatic carbocycles. The van der Waals surface area contributed by atoms with Gasteiger partial charge in [0.05, 0.1) is 34.9 Å². The number of sulfonamides is 2. The minimum atomic E-state index is -3.80. The van der Waals surface area contributed by atoms with Gasteiger partial charge in [0.15, 0.2) is 5.75 Å². The molecule has 1 spiro atoms. The first kappa shape index (κ1) is 26.7. The Kier molecular flexibility index (Phi) is 7.54. The van der Waals surface area contributed by atoms with Gasteiger partial charge in [0.25, 0.3) is 0 Å². The molecule has 0 amide bonds. The van der Waals surface area contributed by atoms with Crippen LogP contribution in [0.5, 0.6) is 11.5 Å². The Hall–Kier alpha value is -2.38. The lowest BCUT2D eigenvalue weighted by Crippen LogP contribution is -2.46. The van der Waals surface area contributed by atoms with E-state index in [1.165, 1.54) is 17.4 Å². The Morgan fingerprint density at radius 3 is 2.36 bits per heavy atom. The maximum Gasteiger partial charge on any atom is 0.244 e. The molecule has 198 valence electrons. The van der Waals surface area contributed by atoms with Gasteiger partial charge in [-0.15, -0.1) is 0 Å². The number of phenols is 1. The number of nitrogens with zero attached hydrogens (tertiary/aromatic N) is 1. The fourth-order valence-electron chi connectivity index (χ4n) is 4.72. The Bertz CT molecular complexity index is 1290. The largest absolute Gasteiger partial charge is 0.504 e. The van der Waals surface area contributed by atoms with Gasteiger partial charge in [-0.3, -0.25) is 0 Å². The number of piperidine rings is 1. The number of rotatable bonds is 8. The Morgan fingerprint density at radius 1 is 1.08 bits per heavy atom. The van der Waals surface area contributed by atoms with Gasteiger partial charge in [-0.05, 0) is 76.6 Å². The molecular weight excluding hydrogens is 506 g/mol. The van der Waals surface area contributed by atoms with Gasteiger partial charge in [-0.25, -0.2) is 21.6 Å².